The van der Waals surface area contributed by atoms with E-state index in [1.54, 1.807) is 0 Å². The number of amides is 1. The largest absolute Gasteiger partial charge is 0.463 e. The van der Waals surface area contributed by atoms with Crippen LogP contribution >= 0.6 is 0 Å². The molecule has 1 aromatic carbocycles. The third-order valence-electron chi connectivity index (χ3n) is 11.5. The second-order valence-corrected chi connectivity index (χ2v) is 18.2. The maximum Gasteiger partial charge on any atom is 0.410 e. The van der Waals surface area contributed by atoms with Crippen LogP contribution in [0.15, 0.2) is 24.3 Å². The summed E-state index contributed by atoms with van der Waals surface area (Å²) in [4.78, 5) is 65.8. The highest BCUT2D eigenvalue weighted by Crippen LogP contribution is 2.40. The molecule has 1 spiro atoms. The Balaban J connectivity index is 1.26. The Morgan fingerprint density at radius 2 is 1.58 bits per heavy atom. The monoisotopic (exact) mass is 866 g/mol. The summed E-state index contributed by atoms with van der Waals surface area (Å²) in [5.41, 5.74) is 4.51. The second-order valence-electron chi connectivity index (χ2n) is 18.2. The average Bonchev–Trinajstić information content (AvgIpc) is 3.57. The number of ether oxygens (including phenoxy) is 7. The fourth-order valence-corrected chi connectivity index (χ4v) is 8.59. The quantitative estimate of drug-likeness (QED) is 0.162. The predicted molar refractivity (Wildman–Crippen MR) is 228 cm³/mol. The zero-order valence-electron chi connectivity index (χ0n) is 38.1. The van der Waals surface area contributed by atoms with Crippen molar-refractivity contribution in [3.63, 3.8) is 0 Å². The Morgan fingerprint density at radius 1 is 0.919 bits per heavy atom. The van der Waals surface area contributed by atoms with E-state index in [2.05, 4.69) is 52.4 Å². The number of nitrogens with one attached hydrogen (secondary N) is 1. The van der Waals surface area contributed by atoms with Crippen LogP contribution < -0.4 is 4.74 Å². The summed E-state index contributed by atoms with van der Waals surface area (Å²) in [5, 5.41) is 7.59. The van der Waals surface area contributed by atoms with Crippen LogP contribution in [0, 0.1) is 12.3 Å². The van der Waals surface area contributed by atoms with Gasteiger partial charge in [0.25, 0.3) is 0 Å². The van der Waals surface area contributed by atoms with Crippen LogP contribution in [0.3, 0.4) is 0 Å². The van der Waals surface area contributed by atoms with Gasteiger partial charge in [-0.2, -0.15) is 0 Å². The summed E-state index contributed by atoms with van der Waals surface area (Å²) in [5.74, 6) is -2.61. The van der Waals surface area contributed by atoms with Gasteiger partial charge in [-0.1, -0.05) is 44.2 Å². The van der Waals surface area contributed by atoms with Crippen LogP contribution in [0.2, 0.25) is 0 Å². The Bertz CT molecular complexity index is 1930. The van der Waals surface area contributed by atoms with E-state index >= 15 is 0 Å². The number of esters is 4. The molecule has 5 atom stereocenters. The van der Waals surface area contributed by atoms with Crippen LogP contribution in [0.5, 0.6) is 5.88 Å². The number of carbonyl (C=O) groups is 5. The molecule has 5 unspecified atom stereocenters. The fraction of sp³-hybridized carbons (Fsp3) is 0.652. The number of carbonyl (C=O) groups excluding carboxylic acids is 5. The van der Waals surface area contributed by atoms with Crippen molar-refractivity contribution in [1.29, 1.82) is 0 Å². The molecule has 3 fully saturated rings. The van der Waals surface area contributed by atoms with Crippen LogP contribution in [-0.2, 0) is 54.0 Å². The highest BCUT2D eigenvalue weighted by molar-refractivity contribution is 5.69. The molecule has 0 radical (unpaired) electrons. The number of H-pyrrole nitrogens is 1. The molecule has 0 bridgehead atoms. The molecule has 3 saturated heterocycles. The van der Waals surface area contributed by atoms with Crippen molar-refractivity contribution in [3.8, 4) is 5.88 Å². The molecular weight excluding hydrogens is 801 g/mol. The smallest absolute Gasteiger partial charge is 0.410 e. The molecule has 3 aliphatic rings. The minimum absolute atomic E-state index is 0.0209. The van der Waals surface area contributed by atoms with Crippen LogP contribution in [-0.4, -0.2) is 126 Å². The normalized spacial score (nSPS) is 23.0. The molecule has 0 aliphatic carbocycles. The Hall–Kier alpha value is -4.96. The number of aryl methyl sites for hydroxylation is 1. The van der Waals surface area contributed by atoms with Crippen molar-refractivity contribution >= 4 is 36.0 Å². The first kappa shape index (κ1) is 48.1. The zero-order chi connectivity index (χ0) is 45.4. The number of nitrogens with zero attached hydrogens (tertiary/aromatic N) is 3. The van der Waals surface area contributed by atoms with E-state index in [0.717, 1.165) is 86.9 Å². The number of aromatic nitrogens is 2. The van der Waals surface area contributed by atoms with Crippen molar-refractivity contribution in [1.82, 2.24) is 20.0 Å². The molecule has 16 nitrogen and oxygen atoms in total. The summed E-state index contributed by atoms with van der Waals surface area (Å²) in [6.45, 7) is 20.8. The molecule has 62 heavy (non-hydrogen) atoms. The topological polar surface area (TPSA) is 185 Å². The van der Waals surface area contributed by atoms with E-state index in [-0.39, 0.29) is 29.9 Å². The Morgan fingerprint density at radius 3 is 2.19 bits per heavy atom. The molecule has 1 amide bonds. The number of aromatic amines is 1. The van der Waals surface area contributed by atoms with Crippen LogP contribution in [0.1, 0.15) is 128 Å². The summed E-state index contributed by atoms with van der Waals surface area (Å²) in [6.07, 6.45) is 3.27. The first-order valence-corrected chi connectivity index (χ1v) is 21.7. The minimum Gasteiger partial charge on any atom is -0.463 e. The maximum atomic E-state index is 12.6. The van der Waals surface area contributed by atoms with Crippen LogP contribution in [0.4, 0.5) is 4.79 Å². The van der Waals surface area contributed by atoms with E-state index < -0.39 is 60.2 Å². The van der Waals surface area contributed by atoms with E-state index in [1.165, 1.54) is 33.6 Å². The van der Waals surface area contributed by atoms with Crippen molar-refractivity contribution in [3.05, 3.63) is 52.2 Å². The minimum atomic E-state index is -1.42. The lowest BCUT2D eigenvalue weighted by Gasteiger charge is -2.47. The first-order valence-electron chi connectivity index (χ1n) is 21.7. The SMILES string of the molecule is CC(=O)OCC1OC(Oc2n[nH]c(C(C)C)c2Cc2ccc(C=CCCN3CCCC4(CCN(C(=O)OC(C)(C)C)CC4)C3)cc2C)C(OC(C)=O)C(OC(C)=O)C1OC(C)=O. The lowest BCUT2D eigenvalue weighted by atomic mass is 9.72. The van der Waals surface area contributed by atoms with E-state index in [4.69, 9.17) is 33.2 Å². The lowest BCUT2D eigenvalue weighted by molar-refractivity contribution is -0.289. The summed E-state index contributed by atoms with van der Waals surface area (Å²) in [6, 6.07) is 6.32. The van der Waals surface area contributed by atoms with E-state index in [9.17, 15) is 24.0 Å². The van der Waals surface area contributed by atoms with Gasteiger partial charge >= 0.3 is 30.0 Å². The zero-order valence-corrected chi connectivity index (χ0v) is 38.1. The van der Waals surface area contributed by atoms with E-state index in [0.29, 0.717) is 6.42 Å². The van der Waals surface area contributed by atoms with Gasteiger partial charge in [-0.25, -0.2) is 4.79 Å². The highest BCUT2D eigenvalue weighted by atomic mass is 16.7. The number of likely N-dealkylation sites (tertiary alicyclic amines) is 2. The third kappa shape index (κ3) is 13.3. The molecule has 2 aromatic rings. The molecule has 5 rings (SSSR count). The fourth-order valence-electron chi connectivity index (χ4n) is 8.59. The molecule has 16 heteroatoms. The number of hydrogen-bond acceptors (Lipinski definition) is 14. The molecule has 1 N–H and O–H groups in total. The number of hydrogen-bond donors (Lipinski definition) is 1. The van der Waals surface area contributed by atoms with Gasteiger partial charge in [-0.05, 0) is 94.4 Å². The van der Waals surface area contributed by atoms with Gasteiger partial charge < -0.3 is 43.0 Å². The van der Waals surface area contributed by atoms with E-state index in [1.807, 2.05) is 39.5 Å². The number of benzene rings is 1. The van der Waals surface area contributed by atoms with Gasteiger partial charge in [-0.3, -0.25) is 24.3 Å². The van der Waals surface area contributed by atoms with Gasteiger partial charge in [0.15, 0.2) is 12.2 Å². The van der Waals surface area contributed by atoms with Crippen molar-refractivity contribution < 1.29 is 57.1 Å². The van der Waals surface area contributed by atoms with Crippen LogP contribution in [0.25, 0.3) is 6.08 Å². The Labute approximate surface area is 365 Å². The summed E-state index contributed by atoms with van der Waals surface area (Å²) < 4.78 is 40.1. The van der Waals surface area contributed by atoms with Crippen molar-refractivity contribution in [2.75, 3.05) is 39.3 Å². The van der Waals surface area contributed by atoms with Crippen molar-refractivity contribution in [2.45, 2.75) is 150 Å². The first-order chi connectivity index (χ1) is 29.2. The maximum absolute atomic E-state index is 12.6. The molecular formula is C46H66N4O12. The number of rotatable bonds is 14. The average molecular weight is 867 g/mol. The van der Waals surface area contributed by atoms with Gasteiger partial charge in [-0.15, -0.1) is 5.10 Å². The molecule has 3 aliphatic heterocycles. The second kappa shape index (κ2) is 20.9. The molecule has 4 heterocycles. The number of piperidine rings is 2. The summed E-state index contributed by atoms with van der Waals surface area (Å²) >= 11 is 0. The standard InChI is InChI=1S/C46H66N4O12/c1-28(2)38-36(42(48-47-38)61-43-41(59-33(7)54)40(58-32(6)53)39(57-31(5)52)37(60-43)26-56-30(4)51)25-35-16-15-34(24-29(35)3)14-11-12-20-49-21-13-17-46(27-49)18-22-50(23-19-46)44(55)62-45(8,9)10/h11,14-16,24,28,37,39-41,43H,12-13,17-23,25-27H2,1-10H3,(H,47,48). The molecule has 0 saturated carbocycles. The lowest BCUT2D eigenvalue weighted by Crippen LogP contribution is -2.63. The van der Waals surface area contributed by atoms with Gasteiger partial charge in [0.1, 0.15) is 18.3 Å². The van der Waals surface area contributed by atoms with Gasteiger partial charge in [0, 0.05) is 71.6 Å². The van der Waals surface area contributed by atoms with Gasteiger partial charge in [0.2, 0.25) is 18.3 Å². The molecule has 1 aromatic heterocycles. The van der Waals surface area contributed by atoms with Crippen molar-refractivity contribution in [2.24, 2.45) is 5.41 Å². The Kier molecular flexibility index (Phi) is 16.2. The predicted octanol–water partition coefficient (Wildman–Crippen LogP) is 6.41. The summed E-state index contributed by atoms with van der Waals surface area (Å²) in [7, 11) is 0. The van der Waals surface area contributed by atoms with Gasteiger partial charge in [0.05, 0.1) is 0 Å². The molecule has 342 valence electrons. The highest BCUT2D eigenvalue weighted by Gasteiger charge is 2.54. The third-order valence-corrected chi connectivity index (χ3v) is 11.5.